The molecule has 0 aliphatic carbocycles. The number of nitrogens with zero attached hydrogens (tertiary/aromatic N) is 3. The van der Waals surface area contributed by atoms with Gasteiger partial charge in [0.05, 0.1) is 10.4 Å². The molecule has 16 heavy (non-hydrogen) atoms. The van der Waals surface area contributed by atoms with Crippen molar-refractivity contribution in [3.63, 3.8) is 0 Å². The molecule has 0 atom stereocenters. The lowest BCUT2D eigenvalue weighted by Gasteiger charge is -1.94. The number of hydrogen-bond donors (Lipinski definition) is 1. The molecule has 2 aromatic rings. The predicted octanol–water partition coefficient (Wildman–Crippen LogP) is 2.04. The van der Waals surface area contributed by atoms with Crippen LogP contribution in [-0.2, 0) is 4.79 Å². The molecule has 5 nitrogen and oxygen atoms in total. The van der Waals surface area contributed by atoms with Gasteiger partial charge in [0.2, 0.25) is 5.91 Å². The summed E-state index contributed by atoms with van der Waals surface area (Å²) in [4.78, 5) is 23.0. The minimum Gasteiger partial charge on any atom is -0.302 e. The van der Waals surface area contributed by atoms with E-state index in [1.54, 1.807) is 24.7 Å². The van der Waals surface area contributed by atoms with Crippen LogP contribution in [0, 0.1) is 0 Å². The van der Waals surface area contributed by atoms with E-state index in [4.69, 9.17) is 0 Å². The Morgan fingerprint density at radius 3 is 2.81 bits per heavy atom. The van der Waals surface area contributed by atoms with Crippen molar-refractivity contribution in [3.05, 3.63) is 24.7 Å². The molecule has 0 aromatic carbocycles. The van der Waals surface area contributed by atoms with E-state index < -0.39 is 0 Å². The van der Waals surface area contributed by atoms with Gasteiger partial charge in [-0.25, -0.2) is 15.0 Å². The van der Waals surface area contributed by atoms with E-state index in [2.05, 4.69) is 20.3 Å². The van der Waals surface area contributed by atoms with E-state index in [-0.39, 0.29) is 5.91 Å². The second kappa shape index (κ2) is 5.04. The largest absolute Gasteiger partial charge is 0.302 e. The summed E-state index contributed by atoms with van der Waals surface area (Å²) in [5.74, 6) is -0.123. The lowest BCUT2D eigenvalue weighted by Crippen LogP contribution is -2.04. The number of carbonyl (C=O) groups is 1. The van der Waals surface area contributed by atoms with Crippen LogP contribution in [0.4, 0.5) is 5.13 Å². The molecule has 0 aliphatic heterocycles. The summed E-state index contributed by atoms with van der Waals surface area (Å²) in [6.07, 6.45) is 5.06. The van der Waals surface area contributed by atoms with Crippen LogP contribution in [0.1, 0.15) is 6.92 Å². The van der Waals surface area contributed by atoms with Crippen molar-refractivity contribution in [2.45, 2.75) is 16.3 Å². The van der Waals surface area contributed by atoms with Crippen LogP contribution < -0.4 is 5.32 Å². The first-order valence-corrected chi connectivity index (χ1v) is 6.05. The Kier molecular flexibility index (Phi) is 3.47. The summed E-state index contributed by atoms with van der Waals surface area (Å²) in [5, 5.41) is 3.88. The van der Waals surface area contributed by atoms with Crippen molar-refractivity contribution >= 4 is 34.1 Å². The second-order valence-corrected chi connectivity index (χ2v) is 5.10. The lowest BCUT2D eigenvalue weighted by atomic mass is 10.7. The molecule has 1 amide bonds. The van der Waals surface area contributed by atoms with Crippen LogP contribution in [0.5, 0.6) is 0 Å². The quantitative estimate of drug-likeness (QED) is 0.847. The molecule has 2 heterocycles. The molecule has 0 fully saturated rings. The minimum absolute atomic E-state index is 0.123. The van der Waals surface area contributed by atoms with Gasteiger partial charge >= 0.3 is 0 Å². The zero-order valence-corrected chi connectivity index (χ0v) is 10.0. The maximum Gasteiger partial charge on any atom is 0.223 e. The van der Waals surface area contributed by atoms with Crippen LogP contribution in [-0.4, -0.2) is 20.9 Å². The number of nitrogens with one attached hydrogen (secondary N) is 1. The number of carbonyl (C=O) groups excluding carboxylic acids is 1. The highest BCUT2D eigenvalue weighted by Crippen LogP contribution is 2.31. The fourth-order valence-corrected chi connectivity index (χ4v) is 2.68. The Morgan fingerprint density at radius 2 is 2.12 bits per heavy atom. The van der Waals surface area contributed by atoms with Gasteiger partial charge < -0.3 is 5.32 Å². The predicted molar refractivity (Wildman–Crippen MR) is 62.6 cm³/mol. The number of aromatic nitrogens is 3. The first-order valence-electron chi connectivity index (χ1n) is 4.42. The van der Waals surface area contributed by atoms with Crippen LogP contribution in [0.2, 0.25) is 0 Å². The molecule has 0 saturated carbocycles. The highest BCUT2D eigenvalue weighted by molar-refractivity contribution is 8.01. The Bertz CT molecular complexity index is 485. The van der Waals surface area contributed by atoms with Crippen molar-refractivity contribution in [3.8, 4) is 0 Å². The number of amides is 1. The van der Waals surface area contributed by atoms with E-state index in [9.17, 15) is 4.79 Å². The number of thiazole rings is 1. The van der Waals surface area contributed by atoms with E-state index in [0.29, 0.717) is 10.3 Å². The van der Waals surface area contributed by atoms with E-state index in [0.717, 1.165) is 4.21 Å². The number of hydrogen-bond acceptors (Lipinski definition) is 6. The monoisotopic (exact) mass is 252 g/mol. The third-order valence-electron chi connectivity index (χ3n) is 1.50. The molecule has 82 valence electrons. The van der Waals surface area contributed by atoms with Crippen molar-refractivity contribution in [1.29, 1.82) is 0 Å². The van der Waals surface area contributed by atoms with Gasteiger partial charge in [-0.2, -0.15) is 0 Å². The Labute approximate surface area is 100 Å². The van der Waals surface area contributed by atoms with Crippen LogP contribution in [0.15, 0.2) is 34.0 Å². The van der Waals surface area contributed by atoms with Gasteiger partial charge in [-0.05, 0) is 17.8 Å². The topological polar surface area (TPSA) is 67.8 Å². The van der Waals surface area contributed by atoms with Gasteiger partial charge in [-0.1, -0.05) is 11.3 Å². The standard InChI is InChI=1S/C9H8N4OS2/c1-6(14)13-9-12-5-7(16-9)15-8-10-3-2-4-11-8/h2-5H,1H3,(H,12,13,14). The SMILES string of the molecule is CC(=O)Nc1ncc(Sc2ncccn2)s1. The highest BCUT2D eigenvalue weighted by Gasteiger charge is 2.05. The first-order chi connectivity index (χ1) is 7.74. The van der Waals surface area contributed by atoms with Crippen LogP contribution in [0.25, 0.3) is 0 Å². The molecule has 2 rings (SSSR count). The average Bonchev–Trinajstić information content (AvgIpc) is 2.66. The average molecular weight is 252 g/mol. The van der Waals surface area contributed by atoms with E-state index in [1.807, 2.05) is 0 Å². The first kappa shape index (κ1) is 11.0. The fourth-order valence-electron chi connectivity index (χ4n) is 0.943. The third-order valence-corrected chi connectivity index (χ3v) is 3.41. The molecule has 0 radical (unpaired) electrons. The van der Waals surface area contributed by atoms with Crippen LogP contribution >= 0.6 is 23.1 Å². The maximum atomic E-state index is 10.8. The summed E-state index contributed by atoms with van der Waals surface area (Å²) in [5.41, 5.74) is 0. The van der Waals surface area contributed by atoms with E-state index >= 15 is 0 Å². The van der Waals surface area contributed by atoms with Gasteiger partial charge in [-0.15, -0.1) is 0 Å². The van der Waals surface area contributed by atoms with Gasteiger partial charge in [-0.3, -0.25) is 4.79 Å². The molecule has 1 N–H and O–H groups in total. The highest BCUT2D eigenvalue weighted by atomic mass is 32.2. The molecule has 0 saturated heterocycles. The van der Waals surface area contributed by atoms with E-state index in [1.165, 1.54) is 30.0 Å². The normalized spacial score (nSPS) is 10.1. The summed E-state index contributed by atoms with van der Waals surface area (Å²) in [6, 6.07) is 1.76. The Hall–Kier alpha value is -1.47. The molecule has 2 aromatic heterocycles. The summed E-state index contributed by atoms with van der Waals surface area (Å²) < 4.78 is 0.940. The molecular weight excluding hydrogens is 244 g/mol. The minimum atomic E-state index is -0.123. The van der Waals surface area contributed by atoms with Gasteiger partial charge in [0.15, 0.2) is 10.3 Å². The van der Waals surface area contributed by atoms with Crippen molar-refractivity contribution in [2.75, 3.05) is 5.32 Å². The zero-order chi connectivity index (χ0) is 11.4. The van der Waals surface area contributed by atoms with Gasteiger partial charge in [0.1, 0.15) is 0 Å². The number of anilines is 1. The fraction of sp³-hybridized carbons (Fsp3) is 0.111. The molecule has 7 heteroatoms. The lowest BCUT2D eigenvalue weighted by molar-refractivity contribution is -0.114. The summed E-state index contributed by atoms with van der Waals surface area (Å²) in [6.45, 7) is 1.45. The second-order valence-electron chi connectivity index (χ2n) is 2.80. The zero-order valence-electron chi connectivity index (χ0n) is 8.38. The van der Waals surface area contributed by atoms with Crippen molar-refractivity contribution in [1.82, 2.24) is 15.0 Å². The summed E-state index contributed by atoms with van der Waals surface area (Å²) >= 11 is 2.81. The molecule has 0 unspecified atom stereocenters. The molecule has 0 aliphatic rings. The van der Waals surface area contributed by atoms with Crippen LogP contribution in [0.3, 0.4) is 0 Å². The maximum absolute atomic E-state index is 10.8. The molecular formula is C9H8N4OS2. The van der Waals surface area contributed by atoms with Crippen molar-refractivity contribution < 1.29 is 4.79 Å². The third kappa shape index (κ3) is 3.01. The van der Waals surface area contributed by atoms with Crippen molar-refractivity contribution in [2.24, 2.45) is 0 Å². The smallest absolute Gasteiger partial charge is 0.223 e. The van der Waals surface area contributed by atoms with Gasteiger partial charge in [0.25, 0.3) is 0 Å². The number of rotatable bonds is 3. The Balaban J connectivity index is 2.06. The summed E-state index contributed by atoms with van der Waals surface area (Å²) in [7, 11) is 0. The Morgan fingerprint density at radius 1 is 1.38 bits per heavy atom. The molecule has 0 bridgehead atoms. The molecule has 0 spiro atoms. The van der Waals surface area contributed by atoms with Gasteiger partial charge in [0, 0.05) is 19.3 Å².